The number of urea groups is 1. The van der Waals surface area contributed by atoms with E-state index < -0.39 is 0 Å². The van der Waals surface area contributed by atoms with Crippen LogP contribution in [-0.2, 0) is 6.54 Å². The molecule has 180 valence electrons. The minimum Gasteiger partial charge on any atom is -0.497 e. The van der Waals surface area contributed by atoms with Crippen molar-refractivity contribution in [3.63, 3.8) is 0 Å². The molecule has 1 aliphatic rings. The van der Waals surface area contributed by atoms with Gasteiger partial charge in [0.2, 0.25) is 0 Å². The van der Waals surface area contributed by atoms with E-state index in [4.69, 9.17) is 14.5 Å². The fraction of sp³-hybridized carbons (Fsp3) is 0.385. The number of carbonyl (C=O) groups excluding carboxylic acids is 1. The van der Waals surface area contributed by atoms with E-state index in [1.807, 2.05) is 36.4 Å². The zero-order valence-electron chi connectivity index (χ0n) is 20.2. The number of methoxy groups -OCH3 is 2. The number of hydrogen-bond acceptors (Lipinski definition) is 5. The number of hydroxylamine groups is 2. The molecule has 0 unspecified atom stereocenters. The predicted octanol–water partition coefficient (Wildman–Crippen LogP) is 4.87. The van der Waals surface area contributed by atoms with Gasteiger partial charge in [-0.3, -0.25) is 5.21 Å². The van der Waals surface area contributed by atoms with E-state index in [0.717, 1.165) is 59.2 Å². The summed E-state index contributed by atoms with van der Waals surface area (Å²) in [4.78, 5) is 19.0. The number of aromatic nitrogens is 2. The zero-order chi connectivity index (χ0) is 24.2. The fourth-order valence-corrected chi connectivity index (χ4v) is 4.63. The molecule has 1 saturated heterocycles. The van der Waals surface area contributed by atoms with Crippen LogP contribution in [0.2, 0.25) is 0 Å². The lowest BCUT2D eigenvalue weighted by molar-refractivity contribution is -0.0357. The number of carbonyl (C=O) groups is 1. The van der Waals surface area contributed by atoms with Crippen molar-refractivity contribution in [3.8, 4) is 34.0 Å². The monoisotopic (exact) mass is 464 g/mol. The molecule has 1 fully saturated rings. The number of rotatable bonds is 6. The summed E-state index contributed by atoms with van der Waals surface area (Å²) in [5, 5.41) is 10.2. The number of nitrogens with zero attached hydrogens (tertiary/aromatic N) is 4. The van der Waals surface area contributed by atoms with Crippen LogP contribution in [-0.4, -0.2) is 65.1 Å². The summed E-state index contributed by atoms with van der Waals surface area (Å²) < 4.78 is 13.0. The van der Waals surface area contributed by atoms with Crippen LogP contribution in [0.1, 0.15) is 31.5 Å². The van der Waals surface area contributed by atoms with E-state index >= 15 is 0 Å². The van der Waals surface area contributed by atoms with Crippen LogP contribution in [0.4, 0.5) is 4.79 Å². The molecule has 0 aliphatic carbocycles. The van der Waals surface area contributed by atoms with Crippen LogP contribution in [0, 0.1) is 0 Å². The molecule has 0 bridgehead atoms. The highest BCUT2D eigenvalue weighted by molar-refractivity contribution is 5.80. The van der Waals surface area contributed by atoms with E-state index in [2.05, 4.69) is 23.6 Å². The van der Waals surface area contributed by atoms with Gasteiger partial charge in [-0.1, -0.05) is 0 Å². The maximum Gasteiger partial charge on any atom is 0.343 e. The first-order chi connectivity index (χ1) is 16.5. The van der Waals surface area contributed by atoms with Gasteiger partial charge in [-0.15, -0.1) is 0 Å². The van der Waals surface area contributed by atoms with E-state index in [1.54, 1.807) is 19.1 Å². The van der Waals surface area contributed by atoms with Gasteiger partial charge in [-0.25, -0.2) is 14.8 Å². The molecule has 1 N–H and O–H groups in total. The maximum absolute atomic E-state index is 12.2. The number of benzene rings is 2. The molecule has 8 heteroatoms. The standard InChI is InChI=1S/C26H32N4O4/c1-5-30-24(19-8-12-22(34-4)13-9-19)23(18-6-10-21(33-3)11-7-18)27-25(30)20-14-16-29(17-15-20)26(31)28(2)32/h6-13,20,32H,5,14-17H2,1-4H3. The van der Waals surface area contributed by atoms with Crippen LogP contribution >= 0.6 is 0 Å². The topological polar surface area (TPSA) is 80.1 Å². The Bertz CT molecular complexity index is 1110. The average molecular weight is 465 g/mol. The molecule has 0 atom stereocenters. The van der Waals surface area contributed by atoms with E-state index in [9.17, 15) is 10.0 Å². The van der Waals surface area contributed by atoms with Gasteiger partial charge in [0.25, 0.3) is 0 Å². The van der Waals surface area contributed by atoms with Crippen molar-refractivity contribution in [3.05, 3.63) is 54.4 Å². The van der Waals surface area contributed by atoms with Gasteiger partial charge in [0.1, 0.15) is 17.3 Å². The highest BCUT2D eigenvalue weighted by atomic mass is 16.5. The van der Waals surface area contributed by atoms with Gasteiger partial charge in [-0.05, 0) is 68.3 Å². The third kappa shape index (κ3) is 4.59. The van der Waals surface area contributed by atoms with Gasteiger partial charge in [0, 0.05) is 43.7 Å². The lowest BCUT2D eigenvalue weighted by Gasteiger charge is -2.32. The van der Waals surface area contributed by atoms with Crippen molar-refractivity contribution in [1.29, 1.82) is 0 Å². The number of amides is 2. The van der Waals surface area contributed by atoms with Gasteiger partial charge in [0.05, 0.1) is 25.6 Å². The quantitative estimate of drug-likeness (QED) is 0.416. The summed E-state index contributed by atoms with van der Waals surface area (Å²) in [6.45, 7) is 4.08. The highest BCUT2D eigenvalue weighted by Crippen LogP contribution is 2.38. The summed E-state index contributed by atoms with van der Waals surface area (Å²) in [7, 11) is 4.69. The van der Waals surface area contributed by atoms with Crippen molar-refractivity contribution >= 4 is 6.03 Å². The molecule has 1 aliphatic heterocycles. The van der Waals surface area contributed by atoms with Crippen LogP contribution in [0.5, 0.6) is 11.5 Å². The second kappa shape index (κ2) is 10.2. The highest BCUT2D eigenvalue weighted by Gasteiger charge is 2.30. The Balaban J connectivity index is 1.75. The van der Waals surface area contributed by atoms with Gasteiger partial charge >= 0.3 is 6.03 Å². The maximum atomic E-state index is 12.2. The second-order valence-corrected chi connectivity index (χ2v) is 8.44. The molecule has 2 amide bonds. The summed E-state index contributed by atoms with van der Waals surface area (Å²) >= 11 is 0. The average Bonchev–Trinajstić information content (AvgIpc) is 3.28. The molecule has 0 spiro atoms. The Hall–Kier alpha value is -3.52. The summed E-state index contributed by atoms with van der Waals surface area (Å²) in [6.07, 6.45) is 1.58. The van der Waals surface area contributed by atoms with Crippen LogP contribution in [0.25, 0.3) is 22.5 Å². The number of ether oxygens (including phenoxy) is 2. The number of hydrogen-bond donors (Lipinski definition) is 1. The molecule has 2 heterocycles. The van der Waals surface area contributed by atoms with E-state index in [1.165, 1.54) is 7.05 Å². The SMILES string of the molecule is CCn1c(C2CCN(C(=O)N(C)O)CC2)nc(-c2ccc(OC)cc2)c1-c1ccc(OC)cc1. The molecule has 34 heavy (non-hydrogen) atoms. The van der Waals surface area contributed by atoms with Gasteiger partial charge < -0.3 is 18.9 Å². The Kier molecular flexibility index (Phi) is 7.07. The smallest absolute Gasteiger partial charge is 0.343 e. The van der Waals surface area contributed by atoms with E-state index in [0.29, 0.717) is 18.2 Å². The Morgan fingerprint density at radius 1 is 1.00 bits per heavy atom. The number of likely N-dealkylation sites (tertiary alicyclic amines) is 1. The molecule has 3 aromatic rings. The lowest BCUT2D eigenvalue weighted by Crippen LogP contribution is -2.44. The first-order valence-electron chi connectivity index (χ1n) is 11.6. The van der Waals surface area contributed by atoms with Crippen LogP contribution in [0.3, 0.4) is 0 Å². The van der Waals surface area contributed by atoms with E-state index in [-0.39, 0.29) is 11.9 Å². The molecule has 1 aromatic heterocycles. The Labute approximate surface area is 200 Å². The molecule has 2 aromatic carbocycles. The second-order valence-electron chi connectivity index (χ2n) is 8.44. The van der Waals surface area contributed by atoms with Crippen molar-refractivity contribution in [2.24, 2.45) is 0 Å². The summed E-state index contributed by atoms with van der Waals surface area (Å²) in [6, 6.07) is 15.7. The summed E-state index contributed by atoms with van der Waals surface area (Å²) in [5.74, 6) is 2.86. The number of piperidine rings is 1. The van der Waals surface area contributed by atoms with Crippen molar-refractivity contribution in [2.75, 3.05) is 34.4 Å². The first-order valence-corrected chi connectivity index (χ1v) is 11.6. The minimum atomic E-state index is -0.366. The van der Waals surface area contributed by atoms with Crippen LogP contribution < -0.4 is 9.47 Å². The molecular weight excluding hydrogens is 432 g/mol. The van der Waals surface area contributed by atoms with Gasteiger partial charge in [-0.2, -0.15) is 0 Å². The van der Waals surface area contributed by atoms with Crippen molar-refractivity contribution in [1.82, 2.24) is 19.5 Å². The molecule has 0 radical (unpaired) electrons. The van der Waals surface area contributed by atoms with Crippen LogP contribution in [0.15, 0.2) is 48.5 Å². The Morgan fingerprint density at radius 3 is 2.00 bits per heavy atom. The third-order valence-electron chi connectivity index (χ3n) is 6.45. The largest absolute Gasteiger partial charge is 0.497 e. The normalized spacial score (nSPS) is 14.2. The van der Waals surface area contributed by atoms with Crippen molar-refractivity contribution in [2.45, 2.75) is 32.2 Å². The summed E-state index contributed by atoms with van der Waals surface area (Å²) in [5.41, 5.74) is 4.09. The third-order valence-corrected chi connectivity index (χ3v) is 6.45. The van der Waals surface area contributed by atoms with Gasteiger partial charge in [0.15, 0.2) is 0 Å². The zero-order valence-corrected chi connectivity index (χ0v) is 20.2. The predicted molar refractivity (Wildman–Crippen MR) is 130 cm³/mol. The number of imidazole rings is 1. The van der Waals surface area contributed by atoms with Crippen molar-refractivity contribution < 1.29 is 19.5 Å². The lowest BCUT2D eigenvalue weighted by atomic mass is 9.96. The fourth-order valence-electron chi connectivity index (χ4n) is 4.63. The molecule has 4 rings (SSSR count). The minimum absolute atomic E-state index is 0.219. The Morgan fingerprint density at radius 2 is 1.53 bits per heavy atom. The molecular formula is C26H32N4O4. The first kappa shape index (κ1) is 23.6. The molecule has 8 nitrogen and oxygen atoms in total. The molecule has 0 saturated carbocycles.